The van der Waals surface area contributed by atoms with Crippen molar-refractivity contribution < 1.29 is 14.7 Å². The fourth-order valence-electron chi connectivity index (χ4n) is 6.25. The summed E-state index contributed by atoms with van der Waals surface area (Å²) in [4.78, 5) is 33.1. The Labute approximate surface area is 275 Å². The van der Waals surface area contributed by atoms with Crippen molar-refractivity contribution in [2.24, 2.45) is 0 Å². The normalized spacial score (nSPS) is 19.0. The minimum atomic E-state index is -0.654. The molecular weight excluding hydrogens is 588 g/mol. The maximum Gasteiger partial charge on any atom is 0.318 e. The zero-order chi connectivity index (χ0) is 32.9. The Morgan fingerprint density at radius 2 is 1.69 bits per heavy atom. The monoisotopic (exact) mass is 640 g/mol. The van der Waals surface area contributed by atoms with Crippen LogP contribution in [0.5, 0.6) is 0 Å². The van der Waals surface area contributed by atoms with Crippen molar-refractivity contribution in [1.82, 2.24) is 25.3 Å². The van der Waals surface area contributed by atoms with E-state index in [9.17, 15) is 14.7 Å². The Balaban J connectivity index is 0.00000133. The topological polar surface area (TPSA) is 100 Å². The largest absolute Gasteiger partial charge is 0.495 e. The molecule has 3 aliphatic heterocycles. The molecule has 2 fully saturated rings. The van der Waals surface area contributed by atoms with Crippen LogP contribution in [0.15, 0.2) is 71.5 Å². The lowest BCUT2D eigenvalue weighted by atomic mass is 9.95. The highest BCUT2D eigenvalue weighted by Gasteiger charge is 2.33. The Morgan fingerprint density at radius 1 is 1.02 bits per heavy atom. The van der Waals surface area contributed by atoms with Crippen LogP contribution in [-0.2, 0) is 11.3 Å². The predicted octanol–water partition coefficient (Wildman–Crippen LogP) is 7.17. The van der Waals surface area contributed by atoms with Crippen LogP contribution >= 0.6 is 11.6 Å². The third-order valence-corrected chi connectivity index (χ3v) is 8.85. The van der Waals surface area contributed by atoms with Crippen LogP contribution in [-0.4, -0.2) is 70.0 Å². The van der Waals surface area contributed by atoms with E-state index in [1.165, 1.54) is 5.56 Å². The second kappa shape index (κ2) is 17.8. The number of nitrogens with zero attached hydrogens (tertiary/aromatic N) is 3. The second-order valence-corrected chi connectivity index (χ2v) is 11.8. The van der Waals surface area contributed by atoms with Gasteiger partial charge in [0.1, 0.15) is 6.04 Å². The summed E-state index contributed by atoms with van der Waals surface area (Å²) in [5.74, 6) is 0.708. The molecule has 45 heavy (non-hydrogen) atoms. The van der Waals surface area contributed by atoms with Crippen LogP contribution < -0.4 is 16.0 Å². The fraction of sp³-hybridized carbons (Fsp3) is 0.543. The van der Waals surface area contributed by atoms with Crippen LogP contribution in [0.2, 0.25) is 0 Å². The minimum absolute atomic E-state index is 0.0315. The highest BCUT2D eigenvalue weighted by atomic mass is 35.5. The maximum atomic E-state index is 13.6. The number of para-hydroxylation sites is 1. The number of amides is 3. The first kappa shape index (κ1) is 35.9. The number of aliphatic hydroxyl groups excluding tert-OH is 1. The number of nitrogens with one attached hydrogen (secondary N) is 3. The molecule has 3 amide bonds. The fourth-order valence-corrected chi connectivity index (χ4v) is 6.55. The molecule has 0 aromatic heterocycles. The number of anilines is 1. The molecule has 2 saturated heterocycles. The molecule has 248 valence electrons. The standard InChI is InChI=1S/C31H41ClN6O3.2C2H6/c1-21-33-27-9-5-4-8-24(27)20-38(21)25-12-16-37(17-13-25)31(41)35-29(30(40)36-14-6-3-7-15-36)19-23-10-11-28(26(32)18-23)34-22(2)39;2*1-2/h4-5,8-9,18,25,29,33-34,39H,1-3,6-7,10-17,19-20H2,(H,35,41);2*1-2H3. The number of allylic oxidation sites excluding steroid dienone is 3. The Kier molecular flexibility index (Phi) is 14.2. The molecule has 1 aliphatic carbocycles. The third kappa shape index (κ3) is 9.70. The van der Waals surface area contributed by atoms with Crippen molar-refractivity contribution in [2.45, 2.75) is 97.7 Å². The molecule has 0 spiro atoms. The third-order valence-electron chi connectivity index (χ3n) is 8.52. The molecule has 5 rings (SSSR count). The van der Waals surface area contributed by atoms with Crippen molar-refractivity contribution >= 4 is 29.2 Å². The molecule has 10 heteroatoms. The zero-order valence-electron chi connectivity index (χ0n) is 27.6. The number of carbonyl (C=O) groups excluding carboxylic acids is 2. The molecule has 1 aromatic rings. The van der Waals surface area contributed by atoms with Gasteiger partial charge in [-0.1, -0.05) is 69.6 Å². The number of piperidine rings is 2. The molecule has 1 atom stereocenters. The molecule has 0 saturated carbocycles. The van der Waals surface area contributed by atoms with Gasteiger partial charge < -0.3 is 35.8 Å². The van der Waals surface area contributed by atoms with Gasteiger partial charge in [-0.15, -0.1) is 0 Å². The molecule has 1 unspecified atom stereocenters. The number of likely N-dealkylation sites (tertiary alicyclic amines) is 2. The molecule has 0 radical (unpaired) electrons. The van der Waals surface area contributed by atoms with E-state index in [2.05, 4.69) is 52.2 Å². The Bertz CT molecular complexity index is 1250. The summed E-state index contributed by atoms with van der Waals surface area (Å²) in [5, 5.41) is 19.3. The van der Waals surface area contributed by atoms with Gasteiger partial charge in [-0.2, -0.15) is 0 Å². The van der Waals surface area contributed by atoms with Gasteiger partial charge in [-0.3, -0.25) is 4.79 Å². The van der Waals surface area contributed by atoms with Crippen LogP contribution in [0.25, 0.3) is 0 Å². The predicted molar refractivity (Wildman–Crippen MR) is 185 cm³/mol. The number of halogens is 1. The van der Waals surface area contributed by atoms with E-state index in [0.717, 1.165) is 68.8 Å². The van der Waals surface area contributed by atoms with Gasteiger partial charge in [0.2, 0.25) is 5.91 Å². The first-order valence-electron chi connectivity index (χ1n) is 16.7. The summed E-state index contributed by atoms with van der Waals surface area (Å²) in [6, 6.07) is 7.72. The summed E-state index contributed by atoms with van der Waals surface area (Å²) in [7, 11) is 0. The SMILES string of the molecule is C=C(O)NC1=C(Cl)C=C(CC(NC(=O)N2CCC(N3Cc4ccccc4NC3=C)CC2)C(=O)N2CCCCC2)CC1.CC.CC. The molecule has 3 heterocycles. The van der Waals surface area contributed by atoms with Crippen LogP contribution in [0.1, 0.15) is 84.6 Å². The van der Waals surface area contributed by atoms with Crippen molar-refractivity contribution in [2.75, 3.05) is 31.5 Å². The lowest BCUT2D eigenvalue weighted by Crippen LogP contribution is -2.55. The average molecular weight is 641 g/mol. The molecular formula is C35H53ClN6O3. The van der Waals surface area contributed by atoms with Crippen LogP contribution in [0.3, 0.4) is 0 Å². The van der Waals surface area contributed by atoms with E-state index < -0.39 is 6.04 Å². The van der Waals surface area contributed by atoms with E-state index in [-0.39, 0.29) is 23.9 Å². The minimum Gasteiger partial charge on any atom is -0.495 e. The van der Waals surface area contributed by atoms with Gasteiger partial charge in [0.05, 0.1) is 10.9 Å². The van der Waals surface area contributed by atoms with E-state index in [1.54, 1.807) is 0 Å². The highest BCUT2D eigenvalue weighted by Crippen LogP contribution is 2.31. The zero-order valence-corrected chi connectivity index (χ0v) is 28.4. The van der Waals surface area contributed by atoms with Gasteiger partial charge >= 0.3 is 6.03 Å². The maximum absolute atomic E-state index is 13.6. The summed E-state index contributed by atoms with van der Waals surface area (Å²) >= 11 is 6.46. The number of hydrogen-bond donors (Lipinski definition) is 4. The van der Waals surface area contributed by atoms with Crippen molar-refractivity contribution in [3.8, 4) is 0 Å². The molecule has 0 bridgehead atoms. The van der Waals surface area contributed by atoms with Crippen molar-refractivity contribution in [3.05, 3.63) is 77.1 Å². The smallest absolute Gasteiger partial charge is 0.318 e. The van der Waals surface area contributed by atoms with E-state index in [4.69, 9.17) is 11.6 Å². The van der Waals surface area contributed by atoms with Gasteiger partial charge in [0.25, 0.3) is 0 Å². The number of carbonyl (C=O) groups is 2. The van der Waals surface area contributed by atoms with Gasteiger partial charge in [-0.25, -0.2) is 4.79 Å². The van der Waals surface area contributed by atoms with Crippen molar-refractivity contribution in [3.63, 3.8) is 0 Å². The number of fused-ring (bicyclic) bond motifs is 1. The Morgan fingerprint density at radius 3 is 2.33 bits per heavy atom. The number of rotatable bonds is 7. The lowest BCUT2D eigenvalue weighted by Gasteiger charge is -2.43. The summed E-state index contributed by atoms with van der Waals surface area (Å²) < 4.78 is 0. The second-order valence-electron chi connectivity index (χ2n) is 11.4. The average Bonchev–Trinajstić information content (AvgIpc) is 3.07. The van der Waals surface area contributed by atoms with Crippen molar-refractivity contribution in [1.29, 1.82) is 0 Å². The number of aliphatic hydroxyl groups is 1. The summed E-state index contributed by atoms with van der Waals surface area (Å²) in [6.45, 7) is 19.2. The summed E-state index contributed by atoms with van der Waals surface area (Å²) in [5.41, 5.74) is 4.04. The first-order chi connectivity index (χ1) is 21.8. The number of benzene rings is 1. The first-order valence-corrected chi connectivity index (χ1v) is 17.0. The molecule has 4 N–H and O–H groups in total. The summed E-state index contributed by atoms with van der Waals surface area (Å²) in [6.07, 6.45) is 8.26. The van der Waals surface area contributed by atoms with Gasteiger partial charge in [-0.05, 0) is 75.7 Å². The van der Waals surface area contributed by atoms with E-state index >= 15 is 0 Å². The van der Waals surface area contributed by atoms with Crippen LogP contribution in [0, 0.1) is 0 Å². The van der Waals surface area contributed by atoms with E-state index in [0.29, 0.717) is 43.1 Å². The molecule has 9 nitrogen and oxygen atoms in total. The van der Waals surface area contributed by atoms with Gasteiger partial charge in [0.15, 0.2) is 5.88 Å². The number of hydrogen-bond acceptors (Lipinski definition) is 6. The van der Waals surface area contributed by atoms with Crippen LogP contribution in [0.4, 0.5) is 10.5 Å². The molecule has 1 aromatic carbocycles. The lowest BCUT2D eigenvalue weighted by molar-refractivity contribution is -0.134. The van der Waals surface area contributed by atoms with E-state index in [1.807, 2.05) is 49.6 Å². The van der Waals surface area contributed by atoms with Gasteiger partial charge in [0, 0.05) is 50.2 Å². The molecule has 4 aliphatic rings. The highest BCUT2D eigenvalue weighted by molar-refractivity contribution is 6.31. The Hall–Kier alpha value is -3.59. The number of urea groups is 1. The quantitative estimate of drug-likeness (QED) is 0.236.